The van der Waals surface area contributed by atoms with E-state index < -0.39 is 15.9 Å². The second-order valence-corrected chi connectivity index (χ2v) is 13.2. The Kier molecular flexibility index (Phi) is 7.99. The minimum atomic E-state index is -3.09. The number of aliphatic hydroxyl groups is 1. The molecule has 3 N–H and O–H groups in total. The number of rotatable bonds is 8. The van der Waals surface area contributed by atoms with Crippen molar-refractivity contribution in [2.24, 2.45) is 5.92 Å². The van der Waals surface area contributed by atoms with Crippen LogP contribution < -0.4 is 15.4 Å². The van der Waals surface area contributed by atoms with E-state index in [0.29, 0.717) is 38.7 Å². The van der Waals surface area contributed by atoms with E-state index in [1.807, 2.05) is 0 Å². The van der Waals surface area contributed by atoms with Crippen molar-refractivity contribution in [1.82, 2.24) is 5.32 Å². The number of anilines is 1. The first-order chi connectivity index (χ1) is 16.1. The standard InChI is InChI=1S/C23H28Cl2N2O5S2/c1-13-2-4-17-20(8-13)33-23(21(17)22(29)27-15-6-7-34(30,31)12-15)26-10-16(28)11-32-19-5-3-14(24)9-18(19)25/h3,5,9,13,15-16,26,28H,2,4,6-8,10-12H2,1H3,(H,27,29). The van der Waals surface area contributed by atoms with Crippen LogP contribution in [0.4, 0.5) is 5.00 Å². The number of carbonyl (C=O) groups is 1. The molecule has 11 heteroatoms. The summed E-state index contributed by atoms with van der Waals surface area (Å²) in [6, 6.07) is 4.50. The van der Waals surface area contributed by atoms with E-state index in [0.717, 1.165) is 24.8 Å². The molecule has 0 bridgehead atoms. The van der Waals surface area contributed by atoms with Crippen molar-refractivity contribution in [3.8, 4) is 5.75 Å². The Bertz CT molecular complexity index is 1170. The summed E-state index contributed by atoms with van der Waals surface area (Å²) >= 11 is 13.5. The van der Waals surface area contributed by atoms with Gasteiger partial charge in [0.1, 0.15) is 23.5 Å². The molecular formula is C23H28Cl2N2O5S2. The van der Waals surface area contributed by atoms with Crippen molar-refractivity contribution in [3.63, 3.8) is 0 Å². The summed E-state index contributed by atoms with van der Waals surface area (Å²) in [6.07, 6.45) is 2.30. The van der Waals surface area contributed by atoms with Gasteiger partial charge in [0.05, 0.1) is 22.1 Å². The molecule has 34 heavy (non-hydrogen) atoms. The summed E-state index contributed by atoms with van der Waals surface area (Å²) in [6.45, 7) is 2.39. The third-order valence-electron chi connectivity index (χ3n) is 6.13. The van der Waals surface area contributed by atoms with Crippen molar-refractivity contribution >= 4 is 55.3 Å². The van der Waals surface area contributed by atoms with Gasteiger partial charge in [-0.2, -0.15) is 0 Å². The highest BCUT2D eigenvalue weighted by Crippen LogP contribution is 2.40. The van der Waals surface area contributed by atoms with Gasteiger partial charge in [-0.1, -0.05) is 30.1 Å². The van der Waals surface area contributed by atoms with Gasteiger partial charge in [0.2, 0.25) is 0 Å². The number of ether oxygens (including phenoxy) is 1. The first-order valence-corrected chi connectivity index (χ1v) is 14.7. The molecule has 0 spiro atoms. The zero-order valence-electron chi connectivity index (χ0n) is 18.8. The lowest BCUT2D eigenvalue weighted by molar-refractivity contribution is 0.0940. The molecule has 1 amide bonds. The molecule has 0 radical (unpaired) electrons. The maximum absolute atomic E-state index is 13.2. The first-order valence-electron chi connectivity index (χ1n) is 11.3. The van der Waals surface area contributed by atoms with Gasteiger partial charge in [-0.15, -0.1) is 11.3 Å². The van der Waals surface area contributed by atoms with E-state index in [4.69, 9.17) is 27.9 Å². The van der Waals surface area contributed by atoms with Crippen LogP contribution in [-0.2, 0) is 22.7 Å². The summed E-state index contributed by atoms with van der Waals surface area (Å²) in [5.74, 6) is 0.797. The van der Waals surface area contributed by atoms with Crippen molar-refractivity contribution in [3.05, 3.63) is 44.2 Å². The van der Waals surface area contributed by atoms with Crippen LogP contribution in [0.1, 0.15) is 40.6 Å². The topological polar surface area (TPSA) is 105 Å². The molecule has 2 heterocycles. The molecule has 1 saturated heterocycles. The highest BCUT2D eigenvalue weighted by Gasteiger charge is 2.32. The van der Waals surface area contributed by atoms with Gasteiger partial charge in [-0.25, -0.2) is 8.42 Å². The van der Waals surface area contributed by atoms with E-state index in [-0.39, 0.29) is 36.6 Å². The number of hydrogen-bond acceptors (Lipinski definition) is 7. The molecule has 0 saturated carbocycles. The summed E-state index contributed by atoms with van der Waals surface area (Å²) < 4.78 is 29.2. The number of nitrogens with one attached hydrogen (secondary N) is 2. The molecule has 7 nitrogen and oxygen atoms in total. The monoisotopic (exact) mass is 546 g/mol. The van der Waals surface area contributed by atoms with Crippen molar-refractivity contribution in [1.29, 1.82) is 0 Å². The minimum absolute atomic E-state index is 0.0118. The van der Waals surface area contributed by atoms with Crippen LogP contribution in [0.5, 0.6) is 5.75 Å². The molecule has 2 aliphatic rings. The molecule has 2 aromatic rings. The molecule has 1 aromatic heterocycles. The normalized spacial score (nSPS) is 22.1. The Balaban J connectivity index is 1.43. The van der Waals surface area contributed by atoms with Gasteiger partial charge in [0, 0.05) is 22.5 Å². The molecule has 1 aromatic carbocycles. The van der Waals surface area contributed by atoms with Gasteiger partial charge < -0.3 is 20.5 Å². The van der Waals surface area contributed by atoms with Crippen LogP contribution in [0.25, 0.3) is 0 Å². The zero-order valence-corrected chi connectivity index (χ0v) is 21.9. The smallest absolute Gasteiger partial charge is 0.254 e. The number of hydrogen-bond donors (Lipinski definition) is 3. The zero-order chi connectivity index (χ0) is 24.5. The van der Waals surface area contributed by atoms with Crippen LogP contribution in [0.2, 0.25) is 10.0 Å². The lowest BCUT2D eigenvalue weighted by Crippen LogP contribution is -2.36. The largest absolute Gasteiger partial charge is 0.489 e. The molecule has 1 aliphatic heterocycles. The molecule has 3 unspecified atom stereocenters. The predicted molar refractivity (Wildman–Crippen MR) is 136 cm³/mol. The van der Waals surface area contributed by atoms with Gasteiger partial charge in [0.25, 0.3) is 5.91 Å². The van der Waals surface area contributed by atoms with Crippen molar-refractivity contribution in [2.45, 2.75) is 44.8 Å². The lowest BCUT2D eigenvalue weighted by Gasteiger charge is -2.19. The Hall–Kier alpha value is -1.52. The summed E-state index contributed by atoms with van der Waals surface area (Å²) in [5.41, 5.74) is 1.60. The van der Waals surface area contributed by atoms with Crippen LogP contribution in [0.3, 0.4) is 0 Å². The fourth-order valence-electron chi connectivity index (χ4n) is 4.33. The number of halogens is 2. The van der Waals surface area contributed by atoms with Crippen LogP contribution >= 0.6 is 34.5 Å². The molecular weight excluding hydrogens is 519 g/mol. The van der Waals surface area contributed by atoms with Gasteiger partial charge in [-0.3, -0.25) is 4.79 Å². The molecule has 3 atom stereocenters. The Morgan fingerprint density at radius 2 is 2.12 bits per heavy atom. The number of amides is 1. The lowest BCUT2D eigenvalue weighted by atomic mass is 9.88. The van der Waals surface area contributed by atoms with Gasteiger partial charge in [0.15, 0.2) is 9.84 Å². The van der Waals surface area contributed by atoms with Gasteiger partial charge >= 0.3 is 0 Å². The Morgan fingerprint density at radius 3 is 2.82 bits per heavy atom. The van der Waals surface area contributed by atoms with Crippen molar-refractivity contribution < 1.29 is 23.1 Å². The summed E-state index contributed by atoms with van der Waals surface area (Å²) in [7, 11) is -3.09. The van der Waals surface area contributed by atoms with E-state index in [2.05, 4.69) is 17.6 Å². The fraction of sp³-hybridized carbons (Fsp3) is 0.522. The van der Waals surface area contributed by atoms with Crippen molar-refractivity contribution in [2.75, 3.05) is 30.0 Å². The average molecular weight is 548 g/mol. The molecule has 4 rings (SSSR count). The second kappa shape index (κ2) is 10.6. The van der Waals surface area contributed by atoms with E-state index in [1.165, 1.54) is 16.2 Å². The van der Waals surface area contributed by atoms with Gasteiger partial charge in [-0.05, 0) is 55.4 Å². The number of aliphatic hydroxyl groups excluding tert-OH is 1. The SMILES string of the molecule is CC1CCc2c(sc(NCC(O)COc3ccc(Cl)cc3Cl)c2C(=O)NC2CCS(=O)(=O)C2)C1. The third kappa shape index (κ3) is 6.18. The maximum atomic E-state index is 13.2. The highest BCUT2D eigenvalue weighted by molar-refractivity contribution is 7.91. The van der Waals surface area contributed by atoms with E-state index in [1.54, 1.807) is 18.2 Å². The molecule has 1 aliphatic carbocycles. The molecule has 1 fully saturated rings. The van der Waals surface area contributed by atoms with E-state index >= 15 is 0 Å². The summed E-state index contributed by atoms with van der Waals surface area (Å²) in [4.78, 5) is 14.4. The highest BCUT2D eigenvalue weighted by atomic mass is 35.5. The maximum Gasteiger partial charge on any atom is 0.254 e. The average Bonchev–Trinajstić information content (AvgIpc) is 3.29. The van der Waals surface area contributed by atoms with E-state index in [9.17, 15) is 18.3 Å². The Labute approximate surface area is 213 Å². The second-order valence-electron chi connectivity index (χ2n) is 9.05. The fourth-order valence-corrected chi connectivity index (χ4v) is 7.88. The predicted octanol–water partition coefficient (Wildman–Crippen LogP) is 3.95. The first kappa shape index (κ1) is 25.6. The van der Waals surface area contributed by atoms with Crippen LogP contribution in [0.15, 0.2) is 18.2 Å². The van der Waals surface area contributed by atoms with Crippen LogP contribution in [-0.4, -0.2) is 56.2 Å². The minimum Gasteiger partial charge on any atom is -0.489 e. The number of thiophene rings is 1. The summed E-state index contributed by atoms with van der Waals surface area (Å²) in [5, 5.41) is 18.2. The van der Waals surface area contributed by atoms with Crippen LogP contribution in [0, 0.1) is 5.92 Å². The number of benzene rings is 1. The third-order valence-corrected chi connectivity index (χ3v) is 9.64. The number of sulfone groups is 1. The Morgan fingerprint density at radius 1 is 1.32 bits per heavy atom. The number of carbonyl (C=O) groups excluding carboxylic acids is 1. The number of fused-ring (bicyclic) bond motifs is 1. The molecule has 186 valence electrons. The quantitative estimate of drug-likeness (QED) is 0.463.